The molecule has 1 unspecified atom stereocenters. The van der Waals surface area contributed by atoms with Crippen LogP contribution < -0.4 is 10.6 Å². The van der Waals surface area contributed by atoms with Gasteiger partial charge in [0.25, 0.3) is 0 Å². The van der Waals surface area contributed by atoms with Gasteiger partial charge in [0.05, 0.1) is 5.69 Å². The van der Waals surface area contributed by atoms with E-state index in [1.54, 1.807) is 6.07 Å². The Labute approximate surface area is 114 Å². The molecule has 0 aliphatic rings. The Morgan fingerprint density at radius 3 is 2.82 bits per heavy atom. The van der Waals surface area contributed by atoms with E-state index in [0.717, 1.165) is 6.54 Å². The first-order valence-electron chi connectivity index (χ1n) is 5.51. The Hall–Kier alpha value is -0.690. The number of carbonyl (C=O) groups is 1. The highest BCUT2D eigenvalue weighted by atomic mass is 127. The van der Waals surface area contributed by atoms with E-state index in [9.17, 15) is 9.18 Å². The van der Waals surface area contributed by atoms with Crippen LogP contribution in [0.5, 0.6) is 0 Å². The third kappa shape index (κ3) is 4.59. The van der Waals surface area contributed by atoms with Crippen LogP contribution in [0.3, 0.4) is 0 Å². The maximum atomic E-state index is 12.9. The fraction of sp³-hybridized carbons (Fsp3) is 0.417. The van der Waals surface area contributed by atoms with Gasteiger partial charge < -0.3 is 10.6 Å². The average molecular weight is 350 g/mol. The van der Waals surface area contributed by atoms with Crippen molar-refractivity contribution < 1.29 is 9.18 Å². The molecule has 3 nitrogen and oxygen atoms in total. The van der Waals surface area contributed by atoms with E-state index in [4.69, 9.17) is 0 Å². The topological polar surface area (TPSA) is 41.1 Å². The van der Waals surface area contributed by atoms with Crippen LogP contribution in [0.2, 0.25) is 0 Å². The smallest absolute Gasteiger partial charge is 0.228 e. The zero-order valence-corrected chi connectivity index (χ0v) is 12.0. The second-order valence-electron chi connectivity index (χ2n) is 3.82. The minimum absolute atomic E-state index is 0.0597. The van der Waals surface area contributed by atoms with E-state index in [2.05, 4.69) is 10.6 Å². The summed E-state index contributed by atoms with van der Waals surface area (Å²) in [7, 11) is 0. The minimum Gasteiger partial charge on any atom is -0.325 e. The molecule has 94 valence electrons. The summed E-state index contributed by atoms with van der Waals surface area (Å²) in [6.45, 7) is 5.33. The van der Waals surface area contributed by atoms with Gasteiger partial charge in [0.15, 0.2) is 0 Å². The minimum atomic E-state index is -0.298. The Balaban J connectivity index is 2.61. The molecule has 0 aliphatic heterocycles. The number of amides is 1. The van der Waals surface area contributed by atoms with Crippen molar-refractivity contribution in [2.45, 2.75) is 13.8 Å². The maximum absolute atomic E-state index is 12.9. The summed E-state index contributed by atoms with van der Waals surface area (Å²) in [4.78, 5) is 11.8. The van der Waals surface area contributed by atoms with Gasteiger partial charge in [-0.15, -0.1) is 0 Å². The van der Waals surface area contributed by atoms with Crippen LogP contribution in [-0.2, 0) is 4.79 Å². The van der Waals surface area contributed by atoms with Crippen molar-refractivity contribution in [1.29, 1.82) is 0 Å². The van der Waals surface area contributed by atoms with Crippen LogP contribution in [-0.4, -0.2) is 19.0 Å². The third-order valence-electron chi connectivity index (χ3n) is 2.34. The van der Waals surface area contributed by atoms with Crippen molar-refractivity contribution in [3.8, 4) is 0 Å². The molecule has 0 saturated heterocycles. The number of hydrogen-bond donors (Lipinski definition) is 2. The van der Waals surface area contributed by atoms with Crippen LogP contribution in [0.25, 0.3) is 0 Å². The molecule has 1 aromatic carbocycles. The normalized spacial score (nSPS) is 12.2. The number of hydrogen-bond acceptors (Lipinski definition) is 2. The van der Waals surface area contributed by atoms with Crippen LogP contribution in [0.1, 0.15) is 13.8 Å². The lowest BCUT2D eigenvalue weighted by atomic mass is 10.1. The lowest BCUT2D eigenvalue weighted by Gasteiger charge is -2.13. The summed E-state index contributed by atoms with van der Waals surface area (Å²) in [6, 6.07) is 4.31. The second-order valence-corrected chi connectivity index (χ2v) is 4.98. The van der Waals surface area contributed by atoms with E-state index in [0.29, 0.717) is 15.8 Å². The largest absolute Gasteiger partial charge is 0.325 e. The van der Waals surface area contributed by atoms with Crippen molar-refractivity contribution in [2.24, 2.45) is 5.92 Å². The van der Waals surface area contributed by atoms with Crippen molar-refractivity contribution in [1.82, 2.24) is 5.32 Å². The van der Waals surface area contributed by atoms with Crippen LogP contribution in [0.15, 0.2) is 18.2 Å². The average Bonchev–Trinajstić information content (AvgIpc) is 2.29. The van der Waals surface area contributed by atoms with Crippen molar-refractivity contribution in [3.63, 3.8) is 0 Å². The van der Waals surface area contributed by atoms with E-state index in [-0.39, 0.29) is 17.6 Å². The standard InChI is InChI=1S/C12H16FIN2O/c1-3-15-7-8(2)12(17)16-11-5-4-9(13)6-10(11)14/h4-6,8,15H,3,7H2,1-2H3,(H,16,17). The molecule has 1 atom stereocenters. The molecule has 17 heavy (non-hydrogen) atoms. The number of benzene rings is 1. The molecule has 0 fully saturated rings. The van der Waals surface area contributed by atoms with Crippen molar-refractivity contribution in [3.05, 3.63) is 27.6 Å². The molecule has 2 N–H and O–H groups in total. The molecule has 0 bridgehead atoms. The first-order valence-corrected chi connectivity index (χ1v) is 6.59. The van der Waals surface area contributed by atoms with Crippen LogP contribution in [0, 0.1) is 15.3 Å². The lowest BCUT2D eigenvalue weighted by Crippen LogP contribution is -2.30. The summed E-state index contributed by atoms with van der Waals surface area (Å²) in [5.74, 6) is -0.473. The molecule has 0 heterocycles. The maximum Gasteiger partial charge on any atom is 0.228 e. The number of rotatable bonds is 5. The molecule has 1 amide bonds. The highest BCUT2D eigenvalue weighted by Crippen LogP contribution is 2.19. The Kier molecular flexibility index (Phi) is 5.84. The van der Waals surface area contributed by atoms with E-state index >= 15 is 0 Å². The van der Waals surface area contributed by atoms with E-state index in [1.807, 2.05) is 36.4 Å². The molecule has 0 aliphatic carbocycles. The molecule has 1 aromatic rings. The van der Waals surface area contributed by atoms with E-state index in [1.165, 1.54) is 12.1 Å². The SMILES string of the molecule is CCNCC(C)C(=O)Nc1ccc(F)cc1I. The Morgan fingerprint density at radius 2 is 2.24 bits per heavy atom. The first-order chi connectivity index (χ1) is 8.04. The van der Waals surface area contributed by atoms with Gasteiger partial charge in [-0.05, 0) is 47.3 Å². The zero-order chi connectivity index (χ0) is 12.8. The molecule has 0 aromatic heterocycles. The Morgan fingerprint density at radius 1 is 1.53 bits per heavy atom. The third-order valence-corrected chi connectivity index (χ3v) is 3.23. The lowest BCUT2D eigenvalue weighted by molar-refractivity contribution is -0.119. The molecular weight excluding hydrogens is 334 g/mol. The summed E-state index contributed by atoms with van der Waals surface area (Å²) in [5, 5.41) is 5.91. The van der Waals surface area contributed by atoms with Gasteiger partial charge in [-0.1, -0.05) is 13.8 Å². The van der Waals surface area contributed by atoms with Gasteiger partial charge in [-0.3, -0.25) is 4.79 Å². The molecule has 1 rings (SSSR count). The van der Waals surface area contributed by atoms with Gasteiger partial charge in [0, 0.05) is 16.0 Å². The molecule has 0 saturated carbocycles. The molecule has 0 radical (unpaired) electrons. The summed E-state index contributed by atoms with van der Waals surface area (Å²) < 4.78 is 13.6. The fourth-order valence-corrected chi connectivity index (χ4v) is 1.91. The summed E-state index contributed by atoms with van der Waals surface area (Å²) in [6.07, 6.45) is 0. The van der Waals surface area contributed by atoms with Gasteiger partial charge in [-0.25, -0.2) is 4.39 Å². The van der Waals surface area contributed by atoms with Gasteiger partial charge in [-0.2, -0.15) is 0 Å². The van der Waals surface area contributed by atoms with Crippen molar-refractivity contribution >= 4 is 34.2 Å². The Bertz CT molecular complexity index is 398. The summed E-state index contributed by atoms with van der Waals surface area (Å²) >= 11 is 2.00. The fourth-order valence-electron chi connectivity index (χ4n) is 1.30. The molecule has 5 heteroatoms. The molecular formula is C12H16FIN2O. The summed E-state index contributed by atoms with van der Waals surface area (Å²) in [5.41, 5.74) is 0.653. The van der Waals surface area contributed by atoms with Gasteiger partial charge in [0.2, 0.25) is 5.91 Å². The quantitative estimate of drug-likeness (QED) is 0.802. The number of anilines is 1. The van der Waals surface area contributed by atoms with Crippen LogP contribution >= 0.6 is 22.6 Å². The number of carbonyl (C=O) groups excluding carboxylic acids is 1. The number of halogens is 2. The highest BCUT2D eigenvalue weighted by Gasteiger charge is 2.13. The van der Waals surface area contributed by atoms with Crippen LogP contribution in [0.4, 0.5) is 10.1 Å². The first kappa shape index (κ1) is 14.4. The highest BCUT2D eigenvalue weighted by molar-refractivity contribution is 14.1. The monoisotopic (exact) mass is 350 g/mol. The number of nitrogens with one attached hydrogen (secondary N) is 2. The van der Waals surface area contributed by atoms with Crippen molar-refractivity contribution in [2.75, 3.05) is 18.4 Å². The second kappa shape index (κ2) is 6.90. The van der Waals surface area contributed by atoms with Gasteiger partial charge in [0.1, 0.15) is 5.82 Å². The van der Waals surface area contributed by atoms with E-state index < -0.39 is 0 Å². The predicted molar refractivity (Wildman–Crippen MR) is 75.5 cm³/mol. The molecule has 0 spiro atoms. The zero-order valence-electron chi connectivity index (χ0n) is 9.89. The predicted octanol–water partition coefficient (Wildman–Crippen LogP) is 2.61. The van der Waals surface area contributed by atoms with Gasteiger partial charge >= 0.3 is 0 Å².